The molecule has 1 N–H and O–H groups in total. The number of hydrogen-bond donors (Lipinski definition) is 1. The van der Waals surface area contributed by atoms with Crippen molar-refractivity contribution in [3.05, 3.63) is 230 Å². The molecular formula is C59H58F2N4O13. The van der Waals surface area contributed by atoms with Gasteiger partial charge in [-0.25, -0.2) is 37.5 Å². The van der Waals surface area contributed by atoms with Gasteiger partial charge in [-0.2, -0.15) is 0 Å². The van der Waals surface area contributed by atoms with Gasteiger partial charge >= 0.3 is 35.9 Å². The predicted molar refractivity (Wildman–Crippen MR) is 282 cm³/mol. The second kappa shape index (κ2) is 29.3. The van der Waals surface area contributed by atoms with Crippen LogP contribution in [0.25, 0.3) is 0 Å². The second-order valence-electron chi connectivity index (χ2n) is 17.1. The largest absolute Gasteiger partial charge is 0.459 e. The van der Waals surface area contributed by atoms with E-state index in [2.05, 4.69) is 31.6 Å². The summed E-state index contributed by atoms with van der Waals surface area (Å²) in [4.78, 5) is 93.2. The molecule has 5 amide bonds. The minimum atomic E-state index is -2.07. The number of halogens is 2. The summed E-state index contributed by atoms with van der Waals surface area (Å²) in [5.74, 6) is -3.57. The highest BCUT2D eigenvalue weighted by Gasteiger charge is 2.53. The Labute approximate surface area is 449 Å². The van der Waals surface area contributed by atoms with Crippen LogP contribution in [-0.2, 0) is 28.4 Å². The van der Waals surface area contributed by atoms with Crippen LogP contribution < -0.4 is 5.32 Å². The summed E-state index contributed by atoms with van der Waals surface area (Å²) < 4.78 is 65.3. The van der Waals surface area contributed by atoms with Crippen molar-refractivity contribution in [3.8, 4) is 0 Å². The van der Waals surface area contributed by atoms with Crippen molar-refractivity contribution >= 4 is 41.8 Å². The Morgan fingerprint density at radius 2 is 0.821 bits per heavy atom. The lowest BCUT2D eigenvalue weighted by molar-refractivity contribution is -0.0754. The van der Waals surface area contributed by atoms with Gasteiger partial charge in [-0.05, 0) is 60.7 Å². The fourth-order valence-corrected chi connectivity index (χ4v) is 8.00. The van der Waals surface area contributed by atoms with Crippen molar-refractivity contribution in [3.63, 3.8) is 0 Å². The van der Waals surface area contributed by atoms with Crippen LogP contribution >= 0.6 is 0 Å². The van der Waals surface area contributed by atoms with Gasteiger partial charge in [-0.1, -0.05) is 115 Å². The normalized spacial score (nSPS) is 19.9. The van der Waals surface area contributed by atoms with Gasteiger partial charge in [0.2, 0.25) is 0 Å². The lowest BCUT2D eigenvalue weighted by Gasteiger charge is -2.33. The first-order chi connectivity index (χ1) is 37.8. The molecule has 2 heterocycles. The molecule has 7 rings (SSSR count). The number of urea groups is 2. The zero-order valence-electron chi connectivity index (χ0n) is 42.3. The number of alkyl halides is 2. The number of imide groups is 1. The monoisotopic (exact) mass is 1070 g/mol. The maximum atomic E-state index is 16.2. The Hall–Kier alpha value is -9.07. The van der Waals surface area contributed by atoms with Gasteiger partial charge in [0.15, 0.2) is 37.0 Å². The van der Waals surface area contributed by atoms with Crippen LogP contribution in [0, 0.1) is 0 Å². The topological polar surface area (TPSA) is 197 Å². The molecule has 2 aliphatic heterocycles. The quantitative estimate of drug-likeness (QED) is 0.0417. The molecule has 2 unspecified atom stereocenters. The average Bonchev–Trinajstić information content (AvgIpc) is 3.99. The minimum Gasteiger partial charge on any atom is -0.459 e. The molecule has 2 fully saturated rings. The summed E-state index contributed by atoms with van der Waals surface area (Å²) >= 11 is 0. The van der Waals surface area contributed by atoms with E-state index in [1.54, 1.807) is 127 Å². The number of nitrogens with zero attached hydrogens (tertiary/aromatic N) is 3. The van der Waals surface area contributed by atoms with E-state index in [4.69, 9.17) is 28.4 Å². The molecular weight excluding hydrogens is 1010 g/mol. The number of amides is 5. The molecule has 0 spiro atoms. The molecule has 78 heavy (non-hydrogen) atoms. The number of nitrogens with one attached hydrogen (secondary N) is 1. The van der Waals surface area contributed by atoms with Crippen LogP contribution in [0.5, 0.6) is 0 Å². The third-order valence-corrected chi connectivity index (χ3v) is 11.8. The number of carbonyl (C=O) groups is 7. The molecule has 0 bridgehead atoms. The third kappa shape index (κ3) is 15.3. The third-order valence-electron chi connectivity index (χ3n) is 11.8. The Morgan fingerprint density at radius 1 is 0.474 bits per heavy atom. The first-order valence-electron chi connectivity index (χ1n) is 24.5. The molecule has 0 aromatic heterocycles. The molecule has 2 aliphatic rings. The first kappa shape index (κ1) is 58.2. The molecule has 2 saturated heterocycles. The van der Waals surface area contributed by atoms with Gasteiger partial charge in [0.25, 0.3) is 5.91 Å². The number of carbonyl (C=O) groups excluding carboxylic acids is 7. The number of rotatable bonds is 21. The molecule has 5 aromatic carbocycles. The van der Waals surface area contributed by atoms with E-state index in [-0.39, 0.29) is 48.4 Å². The van der Waals surface area contributed by atoms with Crippen LogP contribution in [0.3, 0.4) is 0 Å². The predicted octanol–water partition coefficient (Wildman–Crippen LogP) is 8.58. The van der Waals surface area contributed by atoms with E-state index in [0.29, 0.717) is 5.56 Å². The van der Waals surface area contributed by atoms with Gasteiger partial charge in [0, 0.05) is 31.7 Å². The summed E-state index contributed by atoms with van der Waals surface area (Å²) in [6.45, 7) is 13.3. The van der Waals surface area contributed by atoms with Gasteiger partial charge in [-0.3, -0.25) is 19.5 Å². The highest BCUT2D eigenvalue weighted by molar-refractivity contribution is 6.04. The van der Waals surface area contributed by atoms with Gasteiger partial charge in [0.05, 0.1) is 22.3 Å². The van der Waals surface area contributed by atoms with E-state index >= 15 is 8.78 Å². The second-order valence-corrected chi connectivity index (χ2v) is 17.1. The molecule has 17 nitrogen and oxygen atoms in total. The molecule has 5 aromatic rings. The Kier molecular flexibility index (Phi) is 21.9. The Bertz CT molecular complexity index is 2850. The zero-order valence-corrected chi connectivity index (χ0v) is 42.3. The number of ether oxygens (including phenoxy) is 6. The van der Waals surface area contributed by atoms with E-state index in [0.717, 1.165) is 14.7 Å². The standard InChI is InChI=1S/C33H31FN2O7.C26H27FN2O6/c1-3-20-35(29(37)23-14-8-5-9-15-23)33(40)36(21-4-2)30-27(34)28(43-32(39)25-18-12-7-13-19-25)26(42-30)22-41-31(38)24-16-10-6-11-17-24;1-3-15-28-26(32)29(16-4-2)23-21(27)22(35-25(31)19-13-9-6-10-14-19)20(34-23)17-33-24(30)18-11-7-5-8-12-18/h3-19,26-28,30H,1-2,20-22H2;3-14,20-23H,1-2,15-17H2,(H,28,32)/t26-,27+,28-,30?;20-,21+,22-,23?/m11/s1. The summed E-state index contributed by atoms with van der Waals surface area (Å²) in [7, 11) is 0. The summed E-state index contributed by atoms with van der Waals surface area (Å²) in [5.41, 5.74) is 1.18. The van der Waals surface area contributed by atoms with E-state index in [1.807, 2.05) is 0 Å². The van der Waals surface area contributed by atoms with Crippen molar-refractivity contribution in [1.29, 1.82) is 0 Å². The smallest absolute Gasteiger partial charge is 0.338 e. The molecule has 0 radical (unpaired) electrons. The van der Waals surface area contributed by atoms with Gasteiger partial charge in [0.1, 0.15) is 25.4 Å². The first-order valence-corrected chi connectivity index (χ1v) is 24.5. The van der Waals surface area contributed by atoms with Crippen LogP contribution in [0.2, 0.25) is 0 Å². The van der Waals surface area contributed by atoms with Crippen LogP contribution in [0.15, 0.2) is 202 Å². The van der Waals surface area contributed by atoms with Crippen molar-refractivity contribution in [2.24, 2.45) is 0 Å². The number of esters is 4. The maximum Gasteiger partial charge on any atom is 0.338 e. The summed E-state index contributed by atoms with van der Waals surface area (Å²) in [6.07, 6.45) is -6.85. The maximum absolute atomic E-state index is 16.2. The fourth-order valence-electron chi connectivity index (χ4n) is 8.00. The SMILES string of the molecule is C=CCN(C(=O)c1ccccc1)C(=O)N(CC=C)C1O[C@H](COC(=O)c2ccccc2)[C@@H](OC(=O)c2ccccc2)[C@@H]1F.C=CCNC(=O)N(CC=C)C1O[C@H](COC(=O)c2ccccc2)[C@@H](OC(=O)c2ccccc2)[C@@H]1F. The van der Waals surface area contributed by atoms with E-state index in [9.17, 15) is 33.6 Å². The van der Waals surface area contributed by atoms with Crippen molar-refractivity contribution in [2.75, 3.05) is 39.4 Å². The van der Waals surface area contributed by atoms with Crippen LogP contribution in [0.1, 0.15) is 51.8 Å². The Morgan fingerprint density at radius 3 is 1.19 bits per heavy atom. The summed E-state index contributed by atoms with van der Waals surface area (Å²) in [6, 6.07) is 39.0. The van der Waals surface area contributed by atoms with Gasteiger partial charge < -0.3 is 33.7 Å². The number of benzene rings is 5. The molecule has 0 aliphatic carbocycles. The number of hydrogen-bond acceptors (Lipinski definition) is 13. The van der Waals surface area contributed by atoms with Crippen molar-refractivity contribution in [2.45, 2.75) is 49.2 Å². The van der Waals surface area contributed by atoms with Crippen LogP contribution in [-0.4, -0.2) is 145 Å². The van der Waals surface area contributed by atoms with Crippen LogP contribution in [0.4, 0.5) is 18.4 Å². The minimum absolute atomic E-state index is 0.0378. The molecule has 19 heteroatoms. The molecule has 406 valence electrons. The lowest BCUT2D eigenvalue weighted by atomic mass is 10.1. The Balaban J connectivity index is 0.000000258. The lowest BCUT2D eigenvalue weighted by Crippen LogP contribution is -2.53. The van der Waals surface area contributed by atoms with Crippen molar-refractivity contribution < 1.29 is 70.8 Å². The zero-order chi connectivity index (χ0) is 56.0. The highest BCUT2D eigenvalue weighted by atomic mass is 19.1. The fraction of sp³-hybridized carbons (Fsp3) is 0.237. The molecule has 0 saturated carbocycles. The average molecular weight is 1070 g/mol. The van der Waals surface area contributed by atoms with E-state index < -0.39 is 104 Å². The van der Waals surface area contributed by atoms with E-state index in [1.165, 1.54) is 48.6 Å². The highest BCUT2D eigenvalue weighted by Crippen LogP contribution is 2.33. The molecule has 8 atom stereocenters. The van der Waals surface area contributed by atoms with Gasteiger partial charge in [-0.15, -0.1) is 26.3 Å². The van der Waals surface area contributed by atoms with Crippen molar-refractivity contribution in [1.82, 2.24) is 20.0 Å². The summed E-state index contributed by atoms with van der Waals surface area (Å²) in [5, 5.41) is 2.56.